The van der Waals surface area contributed by atoms with E-state index in [1.54, 1.807) is 0 Å². The number of aromatic nitrogens is 1. The Morgan fingerprint density at radius 2 is 2.05 bits per heavy atom. The molecule has 1 aliphatic heterocycles. The number of para-hydroxylation sites is 1. The van der Waals surface area contributed by atoms with Crippen molar-refractivity contribution >= 4 is 5.82 Å². The monoisotopic (exact) mass is 268 g/mol. The van der Waals surface area contributed by atoms with Gasteiger partial charge in [-0.05, 0) is 36.1 Å². The molecule has 1 atom stereocenters. The van der Waals surface area contributed by atoms with Gasteiger partial charge in [-0.25, -0.2) is 4.98 Å². The molecule has 0 saturated heterocycles. The topological polar surface area (TPSA) is 25.4 Å². The Labute approximate surface area is 120 Å². The van der Waals surface area contributed by atoms with E-state index < -0.39 is 0 Å². The van der Waals surface area contributed by atoms with Crippen LogP contribution in [0.4, 0.5) is 5.82 Å². The fourth-order valence-corrected chi connectivity index (χ4v) is 2.66. The van der Waals surface area contributed by atoms with Crippen LogP contribution in [0.5, 0.6) is 5.75 Å². The van der Waals surface area contributed by atoms with Crippen molar-refractivity contribution < 1.29 is 4.74 Å². The third-order valence-corrected chi connectivity index (χ3v) is 3.75. The summed E-state index contributed by atoms with van der Waals surface area (Å²) in [6.45, 7) is 0.798. The van der Waals surface area contributed by atoms with Crippen molar-refractivity contribution in [3.63, 3.8) is 0 Å². The molecule has 0 saturated carbocycles. The summed E-state index contributed by atoms with van der Waals surface area (Å²) < 4.78 is 5.84. The Balaban J connectivity index is 1.67. The standard InChI is InChI=1S/C17H20N2O/c1-19(2)17-8-7-13(11-18-17)9-14-10-15-5-3-4-6-16(15)20-12-14/h3-8,11,14H,9-10,12H2,1-2H3. The van der Waals surface area contributed by atoms with Crippen molar-refractivity contribution in [1.82, 2.24) is 4.98 Å². The molecule has 0 spiro atoms. The van der Waals surface area contributed by atoms with Crippen LogP contribution in [0.15, 0.2) is 42.6 Å². The zero-order chi connectivity index (χ0) is 13.9. The first-order valence-corrected chi connectivity index (χ1v) is 7.05. The molecule has 1 aromatic heterocycles. The van der Waals surface area contributed by atoms with Crippen LogP contribution in [-0.4, -0.2) is 25.7 Å². The van der Waals surface area contributed by atoms with Gasteiger partial charge in [0.05, 0.1) is 6.61 Å². The lowest BCUT2D eigenvalue weighted by molar-refractivity contribution is 0.221. The van der Waals surface area contributed by atoms with Crippen molar-refractivity contribution in [3.8, 4) is 5.75 Å². The van der Waals surface area contributed by atoms with Crippen LogP contribution in [0.1, 0.15) is 11.1 Å². The lowest BCUT2D eigenvalue weighted by Crippen LogP contribution is -2.22. The summed E-state index contributed by atoms with van der Waals surface area (Å²) in [7, 11) is 4.02. The molecule has 0 amide bonds. The number of hydrogen-bond acceptors (Lipinski definition) is 3. The number of rotatable bonds is 3. The van der Waals surface area contributed by atoms with Crippen molar-refractivity contribution in [3.05, 3.63) is 53.7 Å². The van der Waals surface area contributed by atoms with Crippen LogP contribution >= 0.6 is 0 Å². The fourth-order valence-electron chi connectivity index (χ4n) is 2.66. The van der Waals surface area contributed by atoms with Gasteiger partial charge >= 0.3 is 0 Å². The third-order valence-electron chi connectivity index (χ3n) is 3.75. The van der Waals surface area contributed by atoms with Gasteiger partial charge in [-0.15, -0.1) is 0 Å². The molecule has 104 valence electrons. The van der Waals surface area contributed by atoms with Gasteiger partial charge < -0.3 is 9.64 Å². The van der Waals surface area contributed by atoms with E-state index in [2.05, 4.69) is 35.3 Å². The highest BCUT2D eigenvalue weighted by Crippen LogP contribution is 2.28. The number of hydrogen-bond donors (Lipinski definition) is 0. The van der Waals surface area contributed by atoms with Gasteiger partial charge in [0.25, 0.3) is 0 Å². The summed E-state index contributed by atoms with van der Waals surface area (Å²) in [5.74, 6) is 2.58. The highest BCUT2D eigenvalue weighted by Gasteiger charge is 2.19. The summed E-state index contributed by atoms with van der Waals surface area (Å²) >= 11 is 0. The predicted octanol–water partition coefficient (Wildman–Crippen LogP) is 2.94. The molecule has 0 radical (unpaired) electrons. The Morgan fingerprint density at radius 1 is 1.20 bits per heavy atom. The average molecular weight is 268 g/mol. The van der Waals surface area contributed by atoms with E-state index in [1.807, 2.05) is 31.3 Å². The lowest BCUT2D eigenvalue weighted by atomic mass is 9.91. The predicted molar refractivity (Wildman–Crippen MR) is 81.4 cm³/mol. The smallest absolute Gasteiger partial charge is 0.127 e. The maximum Gasteiger partial charge on any atom is 0.127 e. The molecule has 1 unspecified atom stereocenters. The zero-order valence-electron chi connectivity index (χ0n) is 12.0. The SMILES string of the molecule is CN(C)c1ccc(CC2COc3ccccc3C2)cn1. The molecule has 2 aromatic rings. The van der Waals surface area contributed by atoms with E-state index in [0.717, 1.165) is 31.0 Å². The van der Waals surface area contributed by atoms with Gasteiger partial charge in [-0.1, -0.05) is 24.3 Å². The molecule has 0 bridgehead atoms. The highest BCUT2D eigenvalue weighted by molar-refractivity contribution is 5.38. The Morgan fingerprint density at radius 3 is 2.80 bits per heavy atom. The van der Waals surface area contributed by atoms with E-state index in [0.29, 0.717) is 5.92 Å². The first kappa shape index (κ1) is 13.0. The largest absolute Gasteiger partial charge is 0.493 e. The first-order chi connectivity index (χ1) is 9.72. The molecule has 0 aliphatic carbocycles. The zero-order valence-corrected chi connectivity index (χ0v) is 12.0. The van der Waals surface area contributed by atoms with Crippen LogP contribution in [0, 0.1) is 5.92 Å². The third kappa shape index (κ3) is 2.77. The first-order valence-electron chi connectivity index (χ1n) is 7.05. The van der Waals surface area contributed by atoms with Gasteiger partial charge in [0.1, 0.15) is 11.6 Å². The van der Waals surface area contributed by atoms with Gasteiger partial charge in [0.2, 0.25) is 0 Å². The van der Waals surface area contributed by atoms with Gasteiger partial charge in [0.15, 0.2) is 0 Å². The van der Waals surface area contributed by atoms with Crippen molar-refractivity contribution in [2.45, 2.75) is 12.8 Å². The molecule has 20 heavy (non-hydrogen) atoms. The van der Waals surface area contributed by atoms with Crippen LogP contribution < -0.4 is 9.64 Å². The molecule has 3 heteroatoms. The molecular formula is C17H20N2O. The second-order valence-corrected chi connectivity index (χ2v) is 5.61. The number of nitrogens with zero attached hydrogens (tertiary/aromatic N) is 2. The Kier molecular flexibility index (Phi) is 3.59. The van der Waals surface area contributed by atoms with E-state index in [-0.39, 0.29) is 0 Å². The summed E-state index contributed by atoms with van der Waals surface area (Å²) in [5.41, 5.74) is 2.60. The van der Waals surface area contributed by atoms with Crippen LogP contribution in [-0.2, 0) is 12.8 Å². The average Bonchev–Trinajstić information content (AvgIpc) is 2.48. The maximum absolute atomic E-state index is 5.84. The number of ether oxygens (including phenoxy) is 1. The molecule has 0 fully saturated rings. The van der Waals surface area contributed by atoms with E-state index in [1.165, 1.54) is 11.1 Å². The van der Waals surface area contributed by atoms with Crippen molar-refractivity contribution in [1.29, 1.82) is 0 Å². The summed E-state index contributed by atoms with van der Waals surface area (Å²) in [6, 6.07) is 12.6. The van der Waals surface area contributed by atoms with Crippen LogP contribution in [0.2, 0.25) is 0 Å². The Bertz CT molecular complexity index is 578. The molecule has 1 aliphatic rings. The van der Waals surface area contributed by atoms with Gasteiger partial charge in [-0.3, -0.25) is 0 Å². The summed E-state index contributed by atoms with van der Waals surface area (Å²) in [5, 5.41) is 0. The molecule has 0 N–H and O–H groups in total. The number of fused-ring (bicyclic) bond motifs is 1. The van der Waals surface area contributed by atoms with Gasteiger partial charge in [0, 0.05) is 26.2 Å². The second-order valence-electron chi connectivity index (χ2n) is 5.61. The molecule has 1 aromatic carbocycles. The number of benzene rings is 1. The maximum atomic E-state index is 5.84. The quantitative estimate of drug-likeness (QED) is 0.856. The molecule has 3 nitrogen and oxygen atoms in total. The second kappa shape index (κ2) is 5.53. The minimum atomic E-state index is 0.539. The van der Waals surface area contributed by atoms with E-state index in [9.17, 15) is 0 Å². The number of anilines is 1. The molecule has 2 heterocycles. The normalized spacial score (nSPS) is 17.2. The highest BCUT2D eigenvalue weighted by atomic mass is 16.5. The van der Waals surface area contributed by atoms with Crippen molar-refractivity contribution in [2.75, 3.05) is 25.6 Å². The van der Waals surface area contributed by atoms with Crippen LogP contribution in [0.25, 0.3) is 0 Å². The van der Waals surface area contributed by atoms with Crippen molar-refractivity contribution in [2.24, 2.45) is 5.92 Å². The summed E-state index contributed by atoms with van der Waals surface area (Å²) in [4.78, 5) is 6.49. The fraction of sp³-hybridized carbons (Fsp3) is 0.353. The lowest BCUT2D eigenvalue weighted by Gasteiger charge is -2.25. The Hall–Kier alpha value is -2.03. The minimum Gasteiger partial charge on any atom is -0.493 e. The molecular weight excluding hydrogens is 248 g/mol. The number of pyridine rings is 1. The van der Waals surface area contributed by atoms with E-state index >= 15 is 0 Å². The molecule has 3 rings (SSSR count). The van der Waals surface area contributed by atoms with Crippen LogP contribution in [0.3, 0.4) is 0 Å². The minimum absolute atomic E-state index is 0.539. The summed E-state index contributed by atoms with van der Waals surface area (Å²) in [6.07, 6.45) is 4.09. The van der Waals surface area contributed by atoms with Gasteiger partial charge in [-0.2, -0.15) is 0 Å². The van der Waals surface area contributed by atoms with E-state index in [4.69, 9.17) is 4.74 Å².